The first kappa shape index (κ1) is 40.7. The van der Waals surface area contributed by atoms with Gasteiger partial charge in [0.25, 0.3) is 0 Å². The van der Waals surface area contributed by atoms with E-state index in [1.807, 2.05) is 5.70 Å². The van der Waals surface area contributed by atoms with E-state index in [0.717, 1.165) is 12.1 Å². The second-order valence-electron chi connectivity index (χ2n) is 15.2. The van der Waals surface area contributed by atoms with Crippen LogP contribution in [0.2, 0.25) is 134 Å². The molecule has 6 nitrogen and oxygen atoms in total. The summed E-state index contributed by atoms with van der Waals surface area (Å²) >= 11 is 0. The van der Waals surface area contributed by atoms with Gasteiger partial charge in [-0.15, -0.1) is 6.58 Å². The Morgan fingerprint density at radius 2 is 0.897 bits per heavy atom. The lowest BCUT2D eigenvalue weighted by Gasteiger charge is -2.41. The van der Waals surface area contributed by atoms with E-state index < -0.39 is 88.0 Å². The molecule has 0 aliphatic carbocycles. The molecule has 0 aliphatic heterocycles. The molecule has 0 aromatic rings. The first-order valence-corrected chi connectivity index (χ1v) is 41.1. The zero-order valence-corrected chi connectivity index (χ0v) is 39.8. The maximum Gasteiger partial charge on any atom is 0.315 e. The molecule has 39 heavy (non-hydrogen) atoms. The fourth-order valence-corrected chi connectivity index (χ4v) is 42.8. The highest BCUT2D eigenvalue weighted by molar-refractivity contribution is 6.89. The van der Waals surface area contributed by atoms with Crippen molar-refractivity contribution in [2.24, 2.45) is 0 Å². The normalized spacial score (nSPS) is 16.8. The molecule has 0 saturated heterocycles. The van der Waals surface area contributed by atoms with Gasteiger partial charge in [0.15, 0.2) is 41.6 Å². The molecule has 0 rings (SSSR count). The Balaban J connectivity index is 4.61. The van der Waals surface area contributed by atoms with E-state index in [1.54, 1.807) is 0 Å². The Morgan fingerprint density at radius 3 is 1.28 bits per heavy atom. The van der Waals surface area contributed by atoms with Crippen molar-refractivity contribution in [2.45, 2.75) is 134 Å². The van der Waals surface area contributed by atoms with Gasteiger partial charge in [0.1, 0.15) is 29.3 Å². The maximum absolute atomic E-state index is 6.84. The number of hydrogen-bond acceptors (Lipinski definition) is 6. The highest BCUT2D eigenvalue weighted by atomic mass is 28.5. The first-order valence-electron chi connectivity index (χ1n) is 15.0. The quantitative estimate of drug-likeness (QED) is 0.0958. The monoisotopic (exact) mass is 718 g/mol. The molecule has 16 heteroatoms. The molecular weight excluding hydrogens is 653 g/mol. The van der Waals surface area contributed by atoms with Crippen molar-refractivity contribution < 1.29 is 24.7 Å². The summed E-state index contributed by atoms with van der Waals surface area (Å²) in [7, 11) is -14.2. The topological polar surface area (TPSA) is 55.4 Å². The fourth-order valence-electron chi connectivity index (χ4n) is 4.67. The van der Waals surface area contributed by atoms with Crippen LogP contribution in [0.3, 0.4) is 0 Å². The minimum atomic E-state index is -2.32. The second kappa shape index (κ2) is 16.7. The van der Waals surface area contributed by atoms with Crippen molar-refractivity contribution in [3.63, 3.8) is 0 Å². The van der Waals surface area contributed by atoms with Crippen LogP contribution in [-0.2, 0) is 24.7 Å². The minimum absolute atomic E-state index is 0.448. The summed E-state index contributed by atoms with van der Waals surface area (Å²) in [5.41, 5.74) is 2.05. The van der Waals surface area contributed by atoms with Gasteiger partial charge in [-0.25, -0.2) is 0 Å². The number of hydrogen-bond donors (Lipinski definition) is 0. The summed E-state index contributed by atoms with van der Waals surface area (Å²) in [5, 5.41) is 0. The molecule has 0 saturated carbocycles. The van der Waals surface area contributed by atoms with Gasteiger partial charge in [-0.3, -0.25) is 0 Å². The van der Waals surface area contributed by atoms with Gasteiger partial charge in [0.05, 0.1) is 0 Å². The molecule has 0 fully saturated rings. The fraction of sp³-hybridized carbons (Fsp3) is 0.913. The third-order valence-corrected chi connectivity index (χ3v) is 39.5. The molecule has 0 aromatic heterocycles. The Bertz CT molecular complexity index is 725. The summed E-state index contributed by atoms with van der Waals surface area (Å²) in [4.78, 5) is 0. The zero-order valence-electron chi connectivity index (χ0n) is 28.6. The molecule has 1 unspecified atom stereocenters. The molecule has 0 radical (unpaired) electrons. The Hall–Kier alpha value is 1.67. The van der Waals surface area contributed by atoms with Crippen LogP contribution in [0.25, 0.3) is 0 Å². The van der Waals surface area contributed by atoms with Crippen LogP contribution in [-0.4, -0.2) is 88.0 Å². The average Bonchev–Trinajstić information content (AvgIpc) is 2.68. The van der Waals surface area contributed by atoms with Crippen LogP contribution in [0.1, 0.15) is 0 Å². The first-order chi connectivity index (χ1) is 17.3. The summed E-state index contributed by atoms with van der Waals surface area (Å²) in [6, 6.07) is 7.11. The molecule has 234 valence electrons. The molecule has 0 heterocycles. The smallest absolute Gasteiger partial charge is 0.315 e. The summed E-state index contributed by atoms with van der Waals surface area (Å²) in [6.07, 6.45) is 0. The van der Waals surface area contributed by atoms with Crippen LogP contribution >= 0.6 is 0 Å². The van der Waals surface area contributed by atoms with Crippen molar-refractivity contribution in [1.29, 1.82) is 0 Å². The van der Waals surface area contributed by atoms with Crippen LogP contribution < -0.4 is 0 Å². The third kappa shape index (κ3) is 22.8. The van der Waals surface area contributed by atoms with Crippen LogP contribution in [0.5, 0.6) is 0 Å². The molecule has 0 N–H and O–H groups in total. The van der Waals surface area contributed by atoms with E-state index >= 15 is 0 Å². The lowest BCUT2D eigenvalue weighted by molar-refractivity contribution is 0.325. The maximum atomic E-state index is 6.84. The van der Waals surface area contributed by atoms with E-state index in [9.17, 15) is 0 Å². The molecule has 0 aromatic carbocycles. The highest BCUT2D eigenvalue weighted by Crippen LogP contribution is 2.28. The van der Waals surface area contributed by atoms with Crippen molar-refractivity contribution in [3.05, 3.63) is 12.3 Å². The van der Waals surface area contributed by atoms with Crippen LogP contribution in [0.15, 0.2) is 12.3 Å². The molecule has 1 atom stereocenters. The van der Waals surface area contributed by atoms with Gasteiger partial charge in [0, 0.05) is 0 Å². The number of rotatable bonds is 22. The molecule has 0 spiro atoms. The van der Waals surface area contributed by atoms with Crippen molar-refractivity contribution >= 4 is 88.0 Å². The van der Waals surface area contributed by atoms with Crippen molar-refractivity contribution in [2.75, 3.05) is 0 Å². The van der Waals surface area contributed by atoms with E-state index in [4.69, 9.17) is 24.7 Å². The van der Waals surface area contributed by atoms with E-state index in [2.05, 4.69) is 105 Å². The largest absolute Gasteiger partial charge is 0.460 e. The molecular formula is C23H66O6Si10. The van der Waals surface area contributed by atoms with E-state index in [0.29, 0.717) is 0 Å². The standard InChI is InChI=1S/C23H66O6Si10/c1-17-35(8,9)24-30-18-21-36(10,11)25-31-19-22-37(12,13)26-32-20-23-39(16,28-34(5,6)7)29-38(14,15)27-33(2,3)4/h17H,1,18-23,30-32H2,2-16H3. The average molecular weight is 720 g/mol. The van der Waals surface area contributed by atoms with Gasteiger partial charge in [-0.2, -0.15) is 0 Å². The highest BCUT2D eigenvalue weighted by Gasteiger charge is 2.44. The van der Waals surface area contributed by atoms with Crippen molar-refractivity contribution in [1.82, 2.24) is 0 Å². The van der Waals surface area contributed by atoms with Crippen LogP contribution in [0.4, 0.5) is 0 Å². The van der Waals surface area contributed by atoms with E-state index in [1.165, 1.54) is 24.2 Å². The Morgan fingerprint density at radius 1 is 0.513 bits per heavy atom. The predicted octanol–water partition coefficient (Wildman–Crippen LogP) is 6.38. The lowest BCUT2D eigenvalue weighted by atomic mass is 10.9. The third-order valence-electron chi connectivity index (χ3n) is 6.11. The van der Waals surface area contributed by atoms with E-state index in [-0.39, 0.29) is 0 Å². The molecule has 0 aliphatic rings. The lowest BCUT2D eigenvalue weighted by Crippen LogP contribution is -2.56. The molecule has 0 amide bonds. The molecule has 0 bridgehead atoms. The summed E-state index contributed by atoms with van der Waals surface area (Å²) in [5.74, 6) is 0. The minimum Gasteiger partial charge on any atom is -0.460 e. The predicted molar refractivity (Wildman–Crippen MR) is 199 cm³/mol. The summed E-state index contributed by atoms with van der Waals surface area (Å²) < 4.78 is 39.6. The van der Waals surface area contributed by atoms with Crippen molar-refractivity contribution in [3.8, 4) is 0 Å². The van der Waals surface area contributed by atoms with Crippen LogP contribution in [0, 0.1) is 0 Å². The Labute approximate surface area is 258 Å². The zero-order chi connectivity index (χ0) is 30.8. The Kier molecular flexibility index (Phi) is 17.4. The SMILES string of the molecule is C=C[Si](C)(C)O[SiH2]CC[Si](C)(C)O[SiH2]CC[Si](C)(C)O[SiH2]CC[Si](C)(O[Si](C)(C)C)O[Si](C)(C)O[Si](C)(C)C. The van der Waals surface area contributed by atoms with Gasteiger partial charge in [-0.05, 0) is 134 Å². The van der Waals surface area contributed by atoms with Gasteiger partial charge in [0.2, 0.25) is 0 Å². The van der Waals surface area contributed by atoms with Gasteiger partial charge >= 0.3 is 17.1 Å². The second-order valence-corrected chi connectivity index (χ2v) is 50.2. The summed E-state index contributed by atoms with van der Waals surface area (Å²) in [6.45, 7) is 38.2. The van der Waals surface area contributed by atoms with Gasteiger partial charge in [-0.1, -0.05) is 5.70 Å². The van der Waals surface area contributed by atoms with Gasteiger partial charge < -0.3 is 24.7 Å².